The van der Waals surface area contributed by atoms with Gasteiger partial charge in [0.2, 0.25) is 0 Å². The van der Waals surface area contributed by atoms with Crippen LogP contribution in [0.5, 0.6) is 0 Å². The molecule has 1 aromatic heterocycles. The molecular weight excluding hydrogens is 504 g/mol. The fourth-order valence-electron chi connectivity index (χ4n) is 3.44. The van der Waals surface area contributed by atoms with Gasteiger partial charge in [0.15, 0.2) is 6.23 Å². The zero-order chi connectivity index (χ0) is 20.4. The lowest BCUT2D eigenvalue weighted by Gasteiger charge is -2.23. The molecule has 1 aliphatic heterocycles. The molecule has 1 amide bonds. The van der Waals surface area contributed by atoms with Gasteiger partial charge in [-0.3, -0.25) is 4.79 Å². The van der Waals surface area contributed by atoms with Crippen LogP contribution < -0.4 is 5.32 Å². The summed E-state index contributed by atoms with van der Waals surface area (Å²) in [4.78, 5) is 13.5. The summed E-state index contributed by atoms with van der Waals surface area (Å²) < 4.78 is 23.4. The first kappa shape index (κ1) is 20.6. The van der Waals surface area contributed by atoms with Crippen LogP contribution in [0.15, 0.2) is 46.2 Å². The first-order chi connectivity index (χ1) is 14.1. The van der Waals surface area contributed by atoms with Crippen LogP contribution in [0.1, 0.15) is 42.8 Å². The predicted molar refractivity (Wildman–Crippen MR) is 120 cm³/mol. The number of hydrogen-bond acceptors (Lipinski definition) is 4. The molecule has 0 spiro atoms. The fraction of sp³-hybridized carbons (Fsp3) is 0.333. The monoisotopic (exact) mass is 525 g/mol. The van der Waals surface area contributed by atoms with Crippen molar-refractivity contribution in [2.24, 2.45) is 0 Å². The van der Waals surface area contributed by atoms with Gasteiger partial charge in [0.05, 0.1) is 16.0 Å². The molecule has 4 rings (SSSR count). The van der Waals surface area contributed by atoms with Crippen molar-refractivity contribution in [3.63, 3.8) is 0 Å². The Labute approximate surface area is 186 Å². The lowest BCUT2D eigenvalue weighted by molar-refractivity contribution is -0.0368. The third kappa shape index (κ3) is 4.29. The van der Waals surface area contributed by atoms with E-state index in [-0.39, 0.29) is 12.1 Å². The molecule has 152 valence electrons. The maximum absolute atomic E-state index is 14.6. The Balaban J connectivity index is 1.72. The maximum Gasteiger partial charge on any atom is 0.252 e. The summed E-state index contributed by atoms with van der Waals surface area (Å²) in [6, 6.07) is 10.5. The van der Waals surface area contributed by atoms with Crippen molar-refractivity contribution in [2.75, 3.05) is 13.2 Å². The van der Waals surface area contributed by atoms with Gasteiger partial charge in [0.25, 0.3) is 5.91 Å². The fourth-order valence-corrected chi connectivity index (χ4v) is 5.11. The molecule has 3 aromatic rings. The van der Waals surface area contributed by atoms with E-state index >= 15 is 0 Å². The second-order valence-corrected chi connectivity index (χ2v) is 8.92. The van der Waals surface area contributed by atoms with Gasteiger partial charge in [-0.05, 0) is 79.1 Å². The van der Waals surface area contributed by atoms with Crippen molar-refractivity contribution in [1.82, 2.24) is 15.1 Å². The van der Waals surface area contributed by atoms with E-state index in [4.69, 9.17) is 4.74 Å². The first-order valence-electron chi connectivity index (χ1n) is 9.62. The molecule has 1 unspecified atom stereocenters. The second-order valence-electron chi connectivity index (χ2n) is 6.81. The van der Waals surface area contributed by atoms with Crippen molar-refractivity contribution in [3.05, 3.63) is 51.5 Å². The highest BCUT2D eigenvalue weighted by Crippen LogP contribution is 2.36. The van der Waals surface area contributed by atoms with Gasteiger partial charge in [-0.2, -0.15) is 5.10 Å². The van der Waals surface area contributed by atoms with Gasteiger partial charge in [0, 0.05) is 23.4 Å². The zero-order valence-corrected chi connectivity index (χ0v) is 18.9. The molecule has 0 radical (unpaired) electrons. The number of halogens is 2. The summed E-state index contributed by atoms with van der Waals surface area (Å²) in [6.45, 7) is 3.07. The van der Waals surface area contributed by atoms with Crippen molar-refractivity contribution in [2.45, 2.75) is 42.2 Å². The maximum atomic E-state index is 14.6. The molecule has 0 saturated carbocycles. The minimum atomic E-state index is -0.405. The molecule has 5 nitrogen and oxygen atoms in total. The lowest BCUT2D eigenvalue weighted by atomic mass is 10.2. The smallest absolute Gasteiger partial charge is 0.252 e. The zero-order valence-electron chi connectivity index (χ0n) is 16.0. The Morgan fingerprint density at radius 2 is 2.24 bits per heavy atom. The molecule has 1 aliphatic rings. The van der Waals surface area contributed by atoms with E-state index in [1.165, 1.54) is 17.8 Å². The highest BCUT2D eigenvalue weighted by molar-refractivity contribution is 14.1. The standard InChI is InChI=1S/C21H21FIN3O2S/c1-2-24-21(27)15-6-5-7-16(22)19(15)29-13-9-10-14-17(12-13)26(25-20(14)23)18-8-3-4-11-28-18/h5-7,9-10,12,18H,2-4,8,11H2,1H3,(H,24,27). The summed E-state index contributed by atoms with van der Waals surface area (Å²) in [5, 5.41) is 8.47. The van der Waals surface area contributed by atoms with Crippen LogP contribution in [0.3, 0.4) is 0 Å². The van der Waals surface area contributed by atoms with Gasteiger partial charge in [-0.1, -0.05) is 17.8 Å². The van der Waals surface area contributed by atoms with Crippen molar-refractivity contribution < 1.29 is 13.9 Å². The number of nitrogens with one attached hydrogen (secondary N) is 1. The van der Waals surface area contributed by atoms with Crippen molar-refractivity contribution in [1.29, 1.82) is 0 Å². The third-order valence-corrected chi connectivity index (χ3v) is 6.74. The van der Waals surface area contributed by atoms with Crippen LogP contribution in [-0.2, 0) is 4.74 Å². The first-order valence-corrected chi connectivity index (χ1v) is 11.5. The molecule has 1 saturated heterocycles. The second kappa shape index (κ2) is 9.01. The molecule has 2 heterocycles. The summed E-state index contributed by atoms with van der Waals surface area (Å²) in [5.41, 5.74) is 1.30. The molecule has 0 aliphatic carbocycles. The minimum Gasteiger partial charge on any atom is -0.356 e. The van der Waals surface area contributed by atoms with Gasteiger partial charge in [-0.15, -0.1) is 0 Å². The largest absolute Gasteiger partial charge is 0.356 e. The average Bonchev–Trinajstić information content (AvgIpc) is 3.06. The summed E-state index contributed by atoms with van der Waals surface area (Å²) >= 11 is 3.49. The molecule has 8 heteroatoms. The van der Waals surface area contributed by atoms with Crippen LogP contribution in [0.2, 0.25) is 0 Å². The van der Waals surface area contributed by atoms with E-state index in [2.05, 4.69) is 33.0 Å². The molecule has 2 aromatic carbocycles. The lowest BCUT2D eigenvalue weighted by Crippen LogP contribution is -2.23. The topological polar surface area (TPSA) is 56.2 Å². The van der Waals surface area contributed by atoms with Gasteiger partial charge < -0.3 is 10.1 Å². The number of fused-ring (bicyclic) bond motifs is 1. The summed E-state index contributed by atoms with van der Waals surface area (Å²) in [5.74, 6) is -0.677. The Hall–Kier alpha value is -1.65. The summed E-state index contributed by atoms with van der Waals surface area (Å²) in [6.07, 6.45) is 3.04. The SMILES string of the molecule is CCNC(=O)c1cccc(F)c1Sc1ccc2c(I)nn(C3CCCCO3)c2c1. The van der Waals surface area contributed by atoms with Gasteiger partial charge in [-0.25, -0.2) is 9.07 Å². The summed E-state index contributed by atoms with van der Waals surface area (Å²) in [7, 11) is 0. The molecular formula is C21H21FIN3O2S. The van der Waals surface area contributed by atoms with E-state index < -0.39 is 5.82 Å². The molecule has 0 bridgehead atoms. The Morgan fingerprint density at radius 1 is 1.38 bits per heavy atom. The van der Waals surface area contributed by atoms with Crippen molar-refractivity contribution >= 4 is 51.2 Å². The molecule has 1 fully saturated rings. The van der Waals surface area contributed by atoms with Crippen molar-refractivity contribution in [3.8, 4) is 0 Å². The number of hydrogen-bond donors (Lipinski definition) is 1. The number of aromatic nitrogens is 2. The normalized spacial score (nSPS) is 16.9. The van der Waals surface area contributed by atoms with Crippen LogP contribution in [0, 0.1) is 9.52 Å². The quantitative estimate of drug-likeness (QED) is 0.455. The van der Waals surface area contributed by atoms with Crippen LogP contribution in [0.25, 0.3) is 10.9 Å². The number of nitrogens with zero attached hydrogens (tertiary/aromatic N) is 2. The Morgan fingerprint density at radius 3 is 3.00 bits per heavy atom. The third-order valence-electron chi connectivity index (χ3n) is 4.83. The Kier molecular flexibility index (Phi) is 6.41. The van der Waals surface area contributed by atoms with E-state index in [1.807, 2.05) is 29.8 Å². The van der Waals surface area contributed by atoms with Crippen LogP contribution in [-0.4, -0.2) is 28.8 Å². The number of benzene rings is 2. The molecule has 1 N–H and O–H groups in total. The highest BCUT2D eigenvalue weighted by atomic mass is 127. The average molecular weight is 525 g/mol. The number of carbonyl (C=O) groups is 1. The predicted octanol–water partition coefficient (Wildman–Crippen LogP) is 5.38. The van der Waals surface area contributed by atoms with Crippen LogP contribution in [0.4, 0.5) is 4.39 Å². The van der Waals surface area contributed by atoms with E-state index in [9.17, 15) is 9.18 Å². The van der Waals surface area contributed by atoms with E-state index in [0.717, 1.165) is 45.4 Å². The number of carbonyl (C=O) groups excluding carboxylic acids is 1. The van der Waals surface area contributed by atoms with E-state index in [1.54, 1.807) is 12.1 Å². The molecule has 1 atom stereocenters. The van der Waals surface area contributed by atoms with Crippen LogP contribution >= 0.6 is 34.4 Å². The number of ether oxygens (including phenoxy) is 1. The number of amides is 1. The highest BCUT2D eigenvalue weighted by Gasteiger charge is 2.21. The van der Waals surface area contributed by atoms with E-state index in [0.29, 0.717) is 17.0 Å². The van der Waals surface area contributed by atoms with Gasteiger partial charge >= 0.3 is 0 Å². The molecule has 29 heavy (non-hydrogen) atoms. The van der Waals surface area contributed by atoms with Gasteiger partial charge in [0.1, 0.15) is 9.52 Å². The number of rotatable bonds is 5. The minimum absolute atomic E-state index is 0.0747. The Bertz CT molecular complexity index is 1050.